The van der Waals surface area contributed by atoms with Gasteiger partial charge in [-0.3, -0.25) is 9.97 Å². The summed E-state index contributed by atoms with van der Waals surface area (Å²) < 4.78 is 26.6. The number of halogens is 1. The van der Waals surface area contributed by atoms with E-state index in [1.54, 1.807) is 17.5 Å². The van der Waals surface area contributed by atoms with E-state index in [0.29, 0.717) is 17.7 Å². The van der Waals surface area contributed by atoms with Crippen molar-refractivity contribution in [1.82, 2.24) is 25.1 Å². The summed E-state index contributed by atoms with van der Waals surface area (Å²) in [6.07, 6.45) is 11.0. The molecule has 1 N–H and O–H groups in total. The minimum absolute atomic E-state index is 0.175. The van der Waals surface area contributed by atoms with Crippen molar-refractivity contribution in [3.63, 3.8) is 0 Å². The molecule has 0 bridgehead atoms. The van der Waals surface area contributed by atoms with E-state index in [0.717, 1.165) is 99.9 Å². The Balaban J connectivity index is 0.00000115. The van der Waals surface area contributed by atoms with Gasteiger partial charge in [0.05, 0.1) is 33.9 Å². The fourth-order valence-corrected chi connectivity index (χ4v) is 8.21. The Labute approximate surface area is 271 Å². The monoisotopic (exact) mass is 646 g/mol. The molecule has 11 heteroatoms. The van der Waals surface area contributed by atoms with Gasteiger partial charge in [-0.1, -0.05) is 20.3 Å². The van der Waals surface area contributed by atoms with E-state index in [9.17, 15) is 4.39 Å². The number of thiophene rings is 1. The van der Waals surface area contributed by atoms with Crippen LogP contribution in [0.4, 0.5) is 10.2 Å². The van der Waals surface area contributed by atoms with Crippen LogP contribution >= 0.6 is 23.1 Å². The summed E-state index contributed by atoms with van der Waals surface area (Å²) in [6.45, 7) is 9.73. The van der Waals surface area contributed by atoms with Gasteiger partial charge < -0.3 is 14.5 Å². The lowest BCUT2D eigenvalue weighted by molar-refractivity contribution is 0.0639. The van der Waals surface area contributed by atoms with Crippen molar-refractivity contribution >= 4 is 39.0 Å². The minimum Gasteiger partial charge on any atom is -0.421 e. The van der Waals surface area contributed by atoms with Crippen molar-refractivity contribution in [2.75, 3.05) is 24.3 Å². The molecule has 2 aliphatic heterocycles. The number of anilines is 1. The number of aromatic nitrogens is 5. The molecule has 0 spiro atoms. The van der Waals surface area contributed by atoms with E-state index in [4.69, 9.17) is 14.1 Å². The summed E-state index contributed by atoms with van der Waals surface area (Å²) in [5, 5.41) is 13.3. The zero-order valence-electron chi connectivity index (χ0n) is 26.2. The lowest BCUT2D eigenvalue weighted by Crippen LogP contribution is -2.16. The fourth-order valence-electron chi connectivity index (χ4n) is 5.81. The van der Waals surface area contributed by atoms with Crippen LogP contribution in [0.25, 0.3) is 32.0 Å². The van der Waals surface area contributed by atoms with E-state index < -0.39 is 0 Å². The minimum atomic E-state index is -0.355. The quantitative estimate of drug-likeness (QED) is 0.177. The molecule has 8 nitrogen and oxygen atoms in total. The summed E-state index contributed by atoms with van der Waals surface area (Å²) in [7, 11) is 0. The van der Waals surface area contributed by atoms with Crippen LogP contribution in [0.3, 0.4) is 0 Å². The molecule has 0 aliphatic carbocycles. The van der Waals surface area contributed by atoms with E-state index >= 15 is 0 Å². The summed E-state index contributed by atoms with van der Waals surface area (Å²) in [5.74, 6) is 3.09. The summed E-state index contributed by atoms with van der Waals surface area (Å²) in [5.41, 5.74) is 5.02. The van der Waals surface area contributed by atoms with Gasteiger partial charge in [-0.15, -0.1) is 33.3 Å². The first-order valence-electron chi connectivity index (χ1n) is 15.8. The first kappa shape index (κ1) is 31.6. The third-order valence-corrected chi connectivity index (χ3v) is 10.3. The van der Waals surface area contributed by atoms with Gasteiger partial charge >= 0.3 is 0 Å². The summed E-state index contributed by atoms with van der Waals surface area (Å²) in [4.78, 5) is 16.2. The Kier molecular flexibility index (Phi) is 10.1. The largest absolute Gasteiger partial charge is 0.421 e. The molecule has 2 aliphatic rings. The molecule has 1 fully saturated rings. The van der Waals surface area contributed by atoms with Crippen molar-refractivity contribution in [2.24, 2.45) is 5.92 Å². The highest BCUT2D eigenvalue weighted by Gasteiger charge is 2.30. The van der Waals surface area contributed by atoms with Gasteiger partial charge in [-0.2, -0.15) is 0 Å². The maximum Gasteiger partial charge on any atom is 0.250 e. The molecule has 45 heavy (non-hydrogen) atoms. The molecule has 1 atom stereocenters. The third kappa shape index (κ3) is 7.05. The topological polar surface area (TPSA) is 98.9 Å². The summed E-state index contributed by atoms with van der Waals surface area (Å²) in [6, 6.07) is 5.59. The third-order valence-electron chi connectivity index (χ3n) is 8.01. The van der Waals surface area contributed by atoms with E-state index in [-0.39, 0.29) is 11.9 Å². The summed E-state index contributed by atoms with van der Waals surface area (Å²) >= 11 is 3.54. The maximum atomic E-state index is 13.9. The molecule has 0 amide bonds. The van der Waals surface area contributed by atoms with Crippen molar-refractivity contribution in [3.05, 3.63) is 65.4 Å². The van der Waals surface area contributed by atoms with Crippen molar-refractivity contribution in [3.8, 4) is 21.9 Å². The number of rotatable bonds is 8. The van der Waals surface area contributed by atoms with Gasteiger partial charge in [-0.05, 0) is 67.7 Å². The van der Waals surface area contributed by atoms with E-state index in [2.05, 4.69) is 45.4 Å². The number of pyridine rings is 3. The van der Waals surface area contributed by atoms with Crippen LogP contribution in [0, 0.1) is 18.7 Å². The van der Waals surface area contributed by atoms with Crippen LogP contribution in [-0.4, -0.2) is 44.1 Å². The molecule has 7 rings (SSSR count). The molecule has 1 unspecified atom stereocenters. The average molecular weight is 647 g/mol. The highest BCUT2D eigenvalue weighted by Crippen LogP contribution is 2.49. The number of hydrogen-bond acceptors (Lipinski definition) is 10. The molecule has 5 aromatic heterocycles. The van der Waals surface area contributed by atoms with E-state index in [1.165, 1.54) is 23.6 Å². The van der Waals surface area contributed by atoms with Crippen LogP contribution in [0.15, 0.2) is 46.1 Å². The second-order valence-corrected chi connectivity index (χ2v) is 13.8. The molecule has 0 aromatic carbocycles. The van der Waals surface area contributed by atoms with Crippen LogP contribution in [0.5, 0.6) is 0 Å². The Hall–Kier alpha value is -3.41. The van der Waals surface area contributed by atoms with Crippen LogP contribution in [0.1, 0.15) is 75.3 Å². The van der Waals surface area contributed by atoms with Gasteiger partial charge in [0.2, 0.25) is 11.8 Å². The Morgan fingerprint density at radius 1 is 1.11 bits per heavy atom. The van der Waals surface area contributed by atoms with Gasteiger partial charge in [0.15, 0.2) is 0 Å². The van der Waals surface area contributed by atoms with Crippen LogP contribution in [0.2, 0.25) is 0 Å². The molecule has 236 valence electrons. The van der Waals surface area contributed by atoms with Crippen molar-refractivity contribution < 1.29 is 13.5 Å². The number of ether oxygens (including phenoxy) is 1. The van der Waals surface area contributed by atoms with Gasteiger partial charge in [-0.25, -0.2) is 9.37 Å². The predicted octanol–water partition coefficient (Wildman–Crippen LogP) is 8.85. The predicted molar refractivity (Wildman–Crippen MR) is 179 cm³/mol. The second-order valence-electron chi connectivity index (χ2n) is 11.6. The molecule has 7 heterocycles. The first-order chi connectivity index (χ1) is 21.9. The SMILES string of the molecule is CCC.Cc1nnc(-c2c(CCC3CCOCC3)nc3c(c2-c2cc4ccnc(NC(C)c5cncc(F)c5)c4s2)SCC3)o1. The lowest BCUT2D eigenvalue weighted by atomic mass is 9.91. The highest BCUT2D eigenvalue weighted by molar-refractivity contribution is 7.99. The average Bonchev–Trinajstić information content (AvgIpc) is 3.80. The zero-order chi connectivity index (χ0) is 31.3. The molecule has 5 aromatic rings. The van der Waals surface area contributed by atoms with Crippen LogP contribution < -0.4 is 5.32 Å². The van der Waals surface area contributed by atoms with Gasteiger partial charge in [0.25, 0.3) is 0 Å². The number of hydrogen-bond donors (Lipinski definition) is 1. The highest BCUT2D eigenvalue weighted by atomic mass is 32.2. The first-order valence-corrected chi connectivity index (χ1v) is 17.6. The molecule has 0 saturated carbocycles. The van der Waals surface area contributed by atoms with Crippen molar-refractivity contribution in [2.45, 2.75) is 77.2 Å². The maximum absolute atomic E-state index is 13.9. The number of fused-ring (bicyclic) bond motifs is 2. The molecular weight excluding hydrogens is 608 g/mol. The fraction of sp³-hybridized carbons (Fsp3) is 0.441. The van der Waals surface area contributed by atoms with E-state index in [1.807, 2.05) is 37.9 Å². The Morgan fingerprint density at radius 2 is 1.93 bits per heavy atom. The zero-order valence-corrected chi connectivity index (χ0v) is 27.9. The molecular formula is C34H39FN6O2S2. The standard InChI is InChI=1S/C31H31FN6O2S2.C3H8/c1-17(21-13-22(32)16-33-15-21)35-30-28-20(5-9-34-30)14-25(42-28)27-26(31-38-37-18(2)40-31)23(36-24-8-12-41-29(24)27)4-3-19-6-10-39-11-7-19;1-3-2/h5,9,13-17,19H,3-4,6-8,10-12H2,1-2H3,(H,34,35);3H2,1-2H3. The normalized spacial score (nSPS) is 15.5. The van der Waals surface area contributed by atoms with Gasteiger partial charge in [0.1, 0.15) is 11.6 Å². The molecule has 0 radical (unpaired) electrons. The Bertz CT molecular complexity index is 1770. The number of nitrogens with one attached hydrogen (secondary N) is 1. The number of nitrogens with zero attached hydrogens (tertiary/aromatic N) is 5. The van der Waals surface area contributed by atoms with Crippen molar-refractivity contribution in [1.29, 1.82) is 0 Å². The smallest absolute Gasteiger partial charge is 0.250 e. The van der Waals surface area contributed by atoms with Gasteiger partial charge in [0, 0.05) is 60.0 Å². The number of aryl methyl sites for hydroxylation is 3. The second kappa shape index (κ2) is 14.3. The lowest BCUT2D eigenvalue weighted by Gasteiger charge is -2.22. The molecule has 1 saturated heterocycles. The van der Waals surface area contributed by atoms with Crippen LogP contribution in [-0.2, 0) is 17.6 Å². The Morgan fingerprint density at radius 3 is 2.69 bits per heavy atom. The number of thioether (sulfide) groups is 1.